The third-order valence-corrected chi connectivity index (χ3v) is 2.84. The number of esters is 2. The average molecular weight is 225 g/mol. The molecule has 0 saturated carbocycles. The van der Waals surface area contributed by atoms with Crippen molar-refractivity contribution in [2.45, 2.75) is 33.3 Å². The molecule has 0 N–H and O–H groups in total. The van der Waals surface area contributed by atoms with E-state index < -0.39 is 29.4 Å². The van der Waals surface area contributed by atoms with Gasteiger partial charge in [0.25, 0.3) is 0 Å². The summed E-state index contributed by atoms with van der Waals surface area (Å²) in [5, 5.41) is 8.75. The van der Waals surface area contributed by atoms with Gasteiger partial charge in [0, 0.05) is 0 Å². The molecule has 0 aliphatic carbocycles. The minimum absolute atomic E-state index is 0.000165. The number of nitriles is 1. The first-order valence-corrected chi connectivity index (χ1v) is 5.19. The maximum absolute atomic E-state index is 11.7. The molecule has 1 aliphatic heterocycles. The summed E-state index contributed by atoms with van der Waals surface area (Å²) in [6.45, 7) is 5.32. The Labute approximate surface area is 94.3 Å². The van der Waals surface area contributed by atoms with Crippen molar-refractivity contribution in [3.63, 3.8) is 0 Å². The van der Waals surface area contributed by atoms with Crippen LogP contribution < -0.4 is 0 Å². The Morgan fingerprint density at radius 2 is 2.31 bits per heavy atom. The molecule has 0 aromatic heterocycles. The van der Waals surface area contributed by atoms with Crippen LogP contribution in [0.5, 0.6) is 0 Å². The average Bonchev–Trinajstić information content (AvgIpc) is 2.60. The van der Waals surface area contributed by atoms with Gasteiger partial charge in [0.2, 0.25) is 6.10 Å². The second-order valence-electron chi connectivity index (χ2n) is 4.43. The quantitative estimate of drug-likeness (QED) is 0.670. The third-order valence-electron chi connectivity index (χ3n) is 2.84. The van der Waals surface area contributed by atoms with Gasteiger partial charge in [-0.3, -0.25) is 4.79 Å². The predicted molar refractivity (Wildman–Crippen MR) is 54.0 cm³/mol. The number of hydrogen-bond donors (Lipinski definition) is 0. The molecule has 1 aliphatic rings. The standard InChI is InChI=1S/C11H15NO4/c1-4-11(2,3)10(14)16-8-7(5-12)6-15-9(8)13/h7-8H,4,6H2,1-3H3. The number of nitrogens with zero attached hydrogens (tertiary/aromatic N) is 1. The van der Waals surface area contributed by atoms with Crippen molar-refractivity contribution in [3.8, 4) is 6.07 Å². The highest BCUT2D eigenvalue weighted by molar-refractivity contribution is 5.83. The Kier molecular flexibility index (Phi) is 3.53. The minimum atomic E-state index is -1.07. The molecule has 1 rings (SSSR count). The molecule has 0 amide bonds. The maximum atomic E-state index is 11.7. The fourth-order valence-electron chi connectivity index (χ4n) is 1.16. The Morgan fingerprint density at radius 3 is 2.81 bits per heavy atom. The molecule has 2 unspecified atom stereocenters. The summed E-state index contributed by atoms with van der Waals surface area (Å²) in [5.41, 5.74) is -0.650. The van der Waals surface area contributed by atoms with E-state index in [2.05, 4.69) is 4.74 Å². The van der Waals surface area contributed by atoms with Crippen molar-refractivity contribution in [1.82, 2.24) is 0 Å². The van der Waals surface area contributed by atoms with Crippen LogP contribution >= 0.6 is 0 Å². The maximum Gasteiger partial charge on any atom is 0.349 e. The van der Waals surface area contributed by atoms with Crippen molar-refractivity contribution in [1.29, 1.82) is 5.26 Å². The molecule has 2 atom stereocenters. The first-order valence-electron chi connectivity index (χ1n) is 5.19. The summed E-state index contributed by atoms with van der Waals surface area (Å²) >= 11 is 0. The van der Waals surface area contributed by atoms with Crippen molar-refractivity contribution in [3.05, 3.63) is 0 Å². The smallest absolute Gasteiger partial charge is 0.349 e. The van der Waals surface area contributed by atoms with Crippen LogP contribution in [0.3, 0.4) is 0 Å². The number of carbonyl (C=O) groups is 2. The zero-order valence-electron chi connectivity index (χ0n) is 9.65. The number of hydrogen-bond acceptors (Lipinski definition) is 5. The van der Waals surface area contributed by atoms with E-state index >= 15 is 0 Å². The van der Waals surface area contributed by atoms with Gasteiger partial charge in [0.15, 0.2) is 0 Å². The van der Waals surface area contributed by atoms with E-state index in [-0.39, 0.29) is 6.61 Å². The molecule has 0 bridgehead atoms. The second kappa shape index (κ2) is 4.52. The highest BCUT2D eigenvalue weighted by atomic mass is 16.6. The normalized spacial score (nSPS) is 24.8. The van der Waals surface area contributed by atoms with Gasteiger partial charge in [-0.2, -0.15) is 5.26 Å². The Bertz CT molecular complexity index is 342. The molecule has 1 heterocycles. The summed E-state index contributed by atoms with van der Waals surface area (Å²) in [6.07, 6.45) is -0.464. The highest BCUT2D eigenvalue weighted by Gasteiger charge is 2.42. The lowest BCUT2D eigenvalue weighted by Gasteiger charge is -2.22. The summed E-state index contributed by atoms with van der Waals surface area (Å²) in [7, 11) is 0. The molecule has 1 fully saturated rings. The molecule has 5 heteroatoms. The summed E-state index contributed by atoms with van der Waals surface area (Å²) in [6, 6.07) is 1.90. The molecule has 0 spiro atoms. The van der Waals surface area contributed by atoms with Gasteiger partial charge in [0.1, 0.15) is 12.5 Å². The fourth-order valence-corrected chi connectivity index (χ4v) is 1.16. The second-order valence-corrected chi connectivity index (χ2v) is 4.43. The molecule has 88 valence electrons. The lowest BCUT2D eigenvalue weighted by atomic mass is 9.90. The van der Waals surface area contributed by atoms with Crippen molar-refractivity contribution in [2.75, 3.05) is 6.61 Å². The van der Waals surface area contributed by atoms with E-state index in [0.29, 0.717) is 6.42 Å². The molecule has 5 nitrogen and oxygen atoms in total. The molecule has 16 heavy (non-hydrogen) atoms. The molecular formula is C11H15NO4. The van der Waals surface area contributed by atoms with Gasteiger partial charge in [-0.25, -0.2) is 4.79 Å². The highest BCUT2D eigenvalue weighted by Crippen LogP contribution is 2.26. The van der Waals surface area contributed by atoms with E-state index in [1.54, 1.807) is 13.8 Å². The van der Waals surface area contributed by atoms with E-state index in [9.17, 15) is 9.59 Å². The molecular weight excluding hydrogens is 210 g/mol. The Balaban J connectivity index is 2.70. The molecule has 1 saturated heterocycles. The SMILES string of the molecule is CCC(C)(C)C(=O)OC1C(=O)OCC1C#N. The molecule has 0 radical (unpaired) electrons. The van der Waals surface area contributed by atoms with Crippen LogP contribution in [0.4, 0.5) is 0 Å². The predicted octanol–water partition coefficient (Wildman–Crippen LogP) is 1.03. The van der Waals surface area contributed by atoms with Gasteiger partial charge in [-0.05, 0) is 20.3 Å². The lowest BCUT2D eigenvalue weighted by Crippen LogP contribution is -2.35. The zero-order valence-corrected chi connectivity index (χ0v) is 9.65. The monoisotopic (exact) mass is 225 g/mol. The van der Waals surface area contributed by atoms with E-state index in [1.807, 2.05) is 13.0 Å². The van der Waals surface area contributed by atoms with E-state index in [4.69, 9.17) is 10.00 Å². The topological polar surface area (TPSA) is 76.4 Å². The van der Waals surface area contributed by atoms with Gasteiger partial charge in [-0.15, -0.1) is 0 Å². The minimum Gasteiger partial charge on any atom is -0.461 e. The van der Waals surface area contributed by atoms with Crippen molar-refractivity contribution in [2.24, 2.45) is 11.3 Å². The molecule has 0 aromatic carbocycles. The lowest BCUT2D eigenvalue weighted by molar-refractivity contribution is -0.168. The first kappa shape index (κ1) is 12.5. The zero-order chi connectivity index (χ0) is 12.3. The summed E-state index contributed by atoms with van der Waals surface area (Å²) < 4.78 is 9.72. The van der Waals surface area contributed by atoms with Gasteiger partial charge in [0.05, 0.1) is 11.5 Å². The fraction of sp³-hybridized carbons (Fsp3) is 0.727. The van der Waals surface area contributed by atoms with Gasteiger partial charge >= 0.3 is 11.9 Å². The number of cyclic esters (lactones) is 1. The third kappa shape index (κ3) is 2.32. The van der Waals surface area contributed by atoms with Crippen molar-refractivity contribution >= 4 is 11.9 Å². The Hall–Kier alpha value is -1.57. The number of rotatable bonds is 3. The van der Waals surface area contributed by atoms with Crippen molar-refractivity contribution < 1.29 is 19.1 Å². The van der Waals surface area contributed by atoms with E-state index in [0.717, 1.165) is 0 Å². The van der Waals surface area contributed by atoms with Crippen LogP contribution in [-0.4, -0.2) is 24.6 Å². The van der Waals surface area contributed by atoms with Crippen LogP contribution in [0.1, 0.15) is 27.2 Å². The van der Waals surface area contributed by atoms with Crippen LogP contribution in [0.15, 0.2) is 0 Å². The van der Waals surface area contributed by atoms with E-state index in [1.165, 1.54) is 0 Å². The van der Waals surface area contributed by atoms with Crippen LogP contribution in [0.2, 0.25) is 0 Å². The first-order chi connectivity index (χ1) is 7.42. The molecule has 0 aromatic rings. The van der Waals surface area contributed by atoms with Gasteiger partial charge < -0.3 is 9.47 Å². The Morgan fingerprint density at radius 1 is 1.69 bits per heavy atom. The van der Waals surface area contributed by atoms with Gasteiger partial charge in [-0.1, -0.05) is 6.92 Å². The summed E-state index contributed by atoms with van der Waals surface area (Å²) in [5.74, 6) is -1.80. The number of ether oxygens (including phenoxy) is 2. The van der Waals surface area contributed by atoms with Crippen LogP contribution in [-0.2, 0) is 19.1 Å². The summed E-state index contributed by atoms with van der Waals surface area (Å²) in [4.78, 5) is 23.0. The van der Waals surface area contributed by atoms with Crippen LogP contribution in [0, 0.1) is 22.7 Å². The largest absolute Gasteiger partial charge is 0.461 e. The number of carbonyl (C=O) groups excluding carboxylic acids is 2. The van der Waals surface area contributed by atoms with Crippen LogP contribution in [0.25, 0.3) is 0 Å².